The highest BCUT2D eigenvalue weighted by Gasteiger charge is 2.33. The lowest BCUT2D eigenvalue weighted by atomic mass is 9.81. The average Bonchev–Trinajstić information content (AvgIpc) is 0.835. The van der Waals surface area contributed by atoms with Crippen molar-refractivity contribution in [3.05, 3.63) is 253 Å². The first kappa shape index (κ1) is 115. The van der Waals surface area contributed by atoms with Crippen LogP contribution in [-0.4, -0.2) is 59.7 Å². The molecule has 115 heavy (non-hydrogen) atoms. The first-order valence-electron chi connectivity index (χ1n) is 35.0. The normalized spacial score (nSPS) is 10.3. The van der Waals surface area contributed by atoms with E-state index in [2.05, 4.69) is 156 Å². The summed E-state index contributed by atoms with van der Waals surface area (Å²) in [5.74, 6) is 10.3. The number of carbonyl (C=O) groups excluding carboxylic acids is 4. The number of nitriles is 2. The lowest BCUT2D eigenvalue weighted by Gasteiger charge is -2.23. The van der Waals surface area contributed by atoms with Crippen LogP contribution in [0.1, 0.15) is 204 Å². The van der Waals surface area contributed by atoms with Gasteiger partial charge in [-0.3, -0.25) is 19.2 Å². The topological polar surface area (TPSA) is 272 Å². The SMILES string of the molecule is C.C.C.C.C.C#C[Si](CC)(CC)CC.C#Cc1ccccc1C(C)(C)C(N)=O.CC(C)(C#N)c1ccccc1Br.CC(C)(C(N)=O)c1ccccc1Br.CC(C)(C(N)=O)c1ccccc1C#Cc1nc(Cl)ncc1Cl.CC[Si](C#Cc1ccccc1C(C)(C)C(N)=O)(CC)CC.Clc1ncc(Cl)c(Cl)n1.N#CCc1ccccc1Br. The minimum absolute atomic E-state index is 0. The zero-order chi connectivity index (χ0) is 84.0. The molecule has 6 aromatic carbocycles. The molecule has 0 radical (unpaired) electrons. The molecule has 14 nitrogen and oxygen atoms in total. The van der Waals surface area contributed by atoms with E-state index in [0.717, 1.165) is 57.9 Å². The summed E-state index contributed by atoms with van der Waals surface area (Å²) in [6, 6.07) is 57.3. The minimum atomic E-state index is -1.49. The fraction of sp³-hybridized carbons (Fsp3) is 0.363. The second-order valence-electron chi connectivity index (χ2n) is 27.3. The first-order chi connectivity index (χ1) is 51.5. The molecule has 8 rings (SSSR count). The monoisotopic (exact) mass is 1880 g/mol. The number of nitrogens with two attached hydrogens (primary N) is 4. The number of amides is 4. The van der Waals surface area contributed by atoms with Crippen LogP contribution in [0.25, 0.3) is 0 Å². The molecule has 8 N–H and O–H groups in total. The van der Waals surface area contributed by atoms with Crippen LogP contribution in [0.2, 0.25) is 62.0 Å². The number of hydrogen-bond acceptors (Lipinski definition) is 10. The zero-order valence-electron chi connectivity index (χ0n) is 65.3. The molecule has 24 heteroatoms. The van der Waals surface area contributed by atoms with E-state index in [0.29, 0.717) is 27.7 Å². The van der Waals surface area contributed by atoms with E-state index in [1.807, 2.05) is 181 Å². The van der Waals surface area contributed by atoms with E-state index in [9.17, 15) is 19.2 Å². The lowest BCUT2D eigenvalue weighted by Crippen LogP contribution is -2.36. The van der Waals surface area contributed by atoms with E-state index in [1.165, 1.54) is 48.7 Å². The Morgan fingerprint density at radius 3 is 1.08 bits per heavy atom. The maximum absolute atomic E-state index is 11.7. The molecule has 0 atom stereocenters. The third-order valence-corrected chi connectivity index (χ3v) is 31.4. The van der Waals surface area contributed by atoms with E-state index in [1.54, 1.807) is 33.8 Å². The maximum Gasteiger partial charge on any atom is 0.227 e. The quantitative estimate of drug-likeness (QED) is 0.0307. The summed E-state index contributed by atoms with van der Waals surface area (Å²) in [4.78, 5) is 60.7. The predicted molar refractivity (Wildman–Crippen MR) is 505 cm³/mol. The highest BCUT2D eigenvalue weighted by atomic mass is 79.9. The molecule has 0 saturated heterocycles. The smallest absolute Gasteiger partial charge is 0.227 e. The van der Waals surface area contributed by atoms with Gasteiger partial charge in [-0.2, -0.15) is 10.5 Å². The van der Waals surface area contributed by atoms with Crippen molar-refractivity contribution in [2.24, 2.45) is 22.9 Å². The van der Waals surface area contributed by atoms with Gasteiger partial charge >= 0.3 is 0 Å². The van der Waals surface area contributed by atoms with Crippen LogP contribution < -0.4 is 22.9 Å². The Kier molecular flexibility index (Phi) is 55.7. The Bertz CT molecular complexity index is 4710. The Labute approximate surface area is 742 Å². The Balaban J connectivity index is -0.000000407. The van der Waals surface area contributed by atoms with E-state index in [-0.39, 0.29) is 70.6 Å². The van der Waals surface area contributed by atoms with Crippen molar-refractivity contribution >= 4 is 146 Å². The number of nitrogens with zero attached hydrogens (tertiary/aromatic N) is 6. The van der Waals surface area contributed by atoms with Crippen molar-refractivity contribution in [3.63, 3.8) is 0 Å². The minimum Gasteiger partial charge on any atom is -0.369 e. The summed E-state index contributed by atoms with van der Waals surface area (Å²) >= 11 is 38.1. The molecular weight excluding hydrogens is 1770 g/mol. The number of carbonyl (C=O) groups is 4. The molecule has 620 valence electrons. The number of benzene rings is 6. The molecule has 0 saturated carbocycles. The summed E-state index contributed by atoms with van der Waals surface area (Å²) < 4.78 is 2.92. The molecule has 0 spiro atoms. The van der Waals surface area contributed by atoms with Gasteiger partial charge in [0.2, 0.25) is 34.2 Å². The van der Waals surface area contributed by atoms with Crippen LogP contribution in [-0.2, 0) is 52.7 Å². The molecular formula is C91H118Br3Cl5N10O4Si2. The Morgan fingerprint density at radius 1 is 0.426 bits per heavy atom. The second-order valence-corrected chi connectivity index (χ2v) is 41.6. The summed E-state index contributed by atoms with van der Waals surface area (Å²) in [5.41, 5.74) is 33.1. The number of rotatable bonds is 16. The van der Waals surface area contributed by atoms with Gasteiger partial charge in [0.1, 0.15) is 21.8 Å². The number of halogens is 8. The molecule has 0 aliphatic carbocycles. The van der Waals surface area contributed by atoms with Gasteiger partial charge in [-0.1, -0.05) is 288 Å². The van der Waals surface area contributed by atoms with Crippen molar-refractivity contribution in [2.75, 3.05) is 0 Å². The Morgan fingerprint density at radius 2 is 0.748 bits per heavy atom. The van der Waals surface area contributed by atoms with Crippen molar-refractivity contribution in [3.8, 4) is 59.8 Å². The molecule has 0 aliphatic rings. The molecule has 8 aromatic rings. The van der Waals surface area contributed by atoms with Gasteiger partial charge in [0, 0.05) is 30.1 Å². The third-order valence-electron chi connectivity index (χ3n) is 18.6. The van der Waals surface area contributed by atoms with Crippen molar-refractivity contribution in [1.29, 1.82) is 10.5 Å². The van der Waals surface area contributed by atoms with Crippen LogP contribution in [0.3, 0.4) is 0 Å². The van der Waals surface area contributed by atoms with Crippen molar-refractivity contribution in [1.82, 2.24) is 19.9 Å². The third kappa shape index (κ3) is 36.1. The maximum atomic E-state index is 11.7. The van der Waals surface area contributed by atoms with Gasteiger partial charge in [-0.05, 0) is 204 Å². The fourth-order valence-electron chi connectivity index (χ4n) is 9.84. The summed E-state index contributed by atoms with van der Waals surface area (Å²) in [6.07, 6.45) is 14.0. The lowest BCUT2D eigenvalue weighted by molar-refractivity contribution is -0.123. The zero-order valence-corrected chi connectivity index (χ0v) is 75.8. The largest absolute Gasteiger partial charge is 0.369 e. The van der Waals surface area contributed by atoms with E-state index in [4.69, 9.17) is 104 Å². The number of terminal acetylenes is 2. The van der Waals surface area contributed by atoms with Gasteiger partial charge in [-0.25, -0.2) is 19.9 Å². The highest BCUT2D eigenvalue weighted by molar-refractivity contribution is 9.11. The van der Waals surface area contributed by atoms with Gasteiger partial charge in [0.05, 0.1) is 68.1 Å². The van der Waals surface area contributed by atoms with Crippen LogP contribution in [0.4, 0.5) is 0 Å². The van der Waals surface area contributed by atoms with Crippen molar-refractivity contribution in [2.45, 2.75) is 218 Å². The first-order valence-corrected chi connectivity index (χ1v) is 44.5. The van der Waals surface area contributed by atoms with E-state index >= 15 is 0 Å². The number of primary amides is 4. The molecule has 0 aliphatic heterocycles. The average molecular weight is 1890 g/mol. The predicted octanol–water partition coefficient (Wildman–Crippen LogP) is 24.5. The van der Waals surface area contributed by atoms with Crippen LogP contribution in [0, 0.1) is 70.3 Å². The van der Waals surface area contributed by atoms with Gasteiger partial charge in [-0.15, -0.1) is 23.9 Å². The van der Waals surface area contributed by atoms with E-state index < -0.39 is 49.1 Å². The molecule has 2 aromatic heterocycles. The number of hydrogen-bond donors (Lipinski definition) is 4. The van der Waals surface area contributed by atoms with Crippen LogP contribution >= 0.6 is 106 Å². The molecule has 2 heterocycles. The standard InChI is InChI=1S/C18H27NOSi.C16H13Cl2N3O.C12H13NO.C10H12BrNO.C10H10BrN.C8H6BrN.C8H16Si.C4HCl3N2.5CH4/c1-6-21(7-2,8-3)14-13-15-11-9-10-12-16(15)18(4,5)17(19)20;1-16(2,14(19)22)11-6-4-3-5-10(11)7-8-13-12(17)9-20-15(18)21-13;1-4-9-7-5-6-8-10(9)12(2,3)11(13)14;1-10(2,9(12)13)7-5-3-4-6-8(7)11;1-10(2,7-12)8-5-3-4-6-9(8)11;9-8-4-2-1-3-7(8)5-6-10;1-5-9(6-2,7-3)8-4;5-2-1-8-4(7)9-3(2)6;;;;;/h9-12H,6-8H2,1-5H3,(H2,19,20);3-6,9H,1-2H3,(H2,19,22);1,5-8H,2-3H3,(H2,13,14);3-6H,1-2H3,(H2,12,13);3-6H,1-2H3;1-4H,5H2;1H,6-8H2,2-4H3;1H;5*1H4. The molecule has 0 unspecified atom stereocenters. The molecule has 0 bridgehead atoms. The Hall–Kier alpha value is -8.10. The van der Waals surface area contributed by atoms with Crippen LogP contribution in [0.15, 0.2) is 171 Å². The number of aromatic nitrogens is 4. The summed E-state index contributed by atoms with van der Waals surface area (Å²) in [6.45, 7) is 31.6. The molecule has 4 amide bonds. The van der Waals surface area contributed by atoms with Gasteiger partial charge < -0.3 is 22.9 Å². The second kappa shape index (κ2) is 55.5. The van der Waals surface area contributed by atoms with Gasteiger partial charge in [0.15, 0.2) is 5.15 Å². The van der Waals surface area contributed by atoms with Gasteiger partial charge in [0.25, 0.3) is 0 Å². The highest BCUT2D eigenvalue weighted by Crippen LogP contribution is 2.33. The summed E-state index contributed by atoms with van der Waals surface area (Å²) in [7, 11) is -2.65. The summed E-state index contributed by atoms with van der Waals surface area (Å²) in [5, 5.41) is 18.2. The molecule has 0 fully saturated rings. The fourth-order valence-corrected chi connectivity index (χ4v) is 17.0. The van der Waals surface area contributed by atoms with Crippen LogP contribution in [0.5, 0.6) is 0 Å². The van der Waals surface area contributed by atoms with Crippen molar-refractivity contribution < 1.29 is 19.2 Å².